The van der Waals surface area contributed by atoms with Gasteiger partial charge in [-0.1, -0.05) is 50.1 Å². The van der Waals surface area contributed by atoms with Crippen molar-refractivity contribution in [1.29, 1.82) is 0 Å². The molecule has 1 saturated carbocycles. The highest BCUT2D eigenvalue weighted by atomic mass is 16.1. The second-order valence-corrected chi connectivity index (χ2v) is 10.9. The van der Waals surface area contributed by atoms with Gasteiger partial charge in [0.25, 0.3) is 0 Å². The van der Waals surface area contributed by atoms with Crippen LogP contribution in [0.1, 0.15) is 69.2 Å². The summed E-state index contributed by atoms with van der Waals surface area (Å²) in [6.45, 7) is 6.76. The highest BCUT2D eigenvalue weighted by molar-refractivity contribution is 5.70. The number of hydrogen-bond donors (Lipinski definition) is 1. The summed E-state index contributed by atoms with van der Waals surface area (Å²) in [5.74, 6) is 3.83. The van der Waals surface area contributed by atoms with Crippen molar-refractivity contribution >= 4 is 5.82 Å². The molecule has 1 atom stereocenters. The third kappa shape index (κ3) is 4.51. The third-order valence-corrected chi connectivity index (χ3v) is 8.33. The highest BCUT2D eigenvalue weighted by Gasteiger charge is 2.34. The zero-order valence-corrected chi connectivity index (χ0v) is 21.0. The van der Waals surface area contributed by atoms with Crippen molar-refractivity contribution < 1.29 is 0 Å². The van der Waals surface area contributed by atoms with Gasteiger partial charge < -0.3 is 10.2 Å². The Balaban J connectivity index is 1.16. The van der Waals surface area contributed by atoms with Crippen LogP contribution in [0, 0.1) is 5.92 Å². The van der Waals surface area contributed by atoms with Crippen LogP contribution in [0.3, 0.4) is 0 Å². The molecule has 7 heteroatoms. The number of anilines is 1. The van der Waals surface area contributed by atoms with E-state index in [4.69, 9.17) is 9.97 Å². The Labute approximate surface area is 207 Å². The zero-order valence-electron chi connectivity index (χ0n) is 21.0. The summed E-state index contributed by atoms with van der Waals surface area (Å²) < 4.78 is 3.79. The molecule has 35 heavy (non-hydrogen) atoms. The first-order valence-electron chi connectivity index (χ1n) is 13.7. The number of likely N-dealkylation sites (tertiary alicyclic amines) is 1. The van der Waals surface area contributed by atoms with Gasteiger partial charge in [-0.05, 0) is 63.1 Å². The normalized spacial score (nSPS) is 21.6. The smallest absolute Gasteiger partial charge is 0.331 e. The van der Waals surface area contributed by atoms with Crippen molar-refractivity contribution in [3.8, 4) is 11.5 Å². The number of fused-ring (bicyclic) bond motifs is 3. The summed E-state index contributed by atoms with van der Waals surface area (Å²) in [5, 5.41) is 3.70. The molecule has 1 aromatic rings. The Morgan fingerprint density at radius 3 is 2.54 bits per heavy atom. The van der Waals surface area contributed by atoms with Gasteiger partial charge in [0.05, 0.1) is 12.6 Å². The van der Waals surface area contributed by atoms with E-state index in [-0.39, 0.29) is 11.7 Å². The molecule has 5 aliphatic rings. The molecule has 0 spiro atoms. The molecule has 2 fully saturated rings. The first-order valence-corrected chi connectivity index (χ1v) is 13.7. The van der Waals surface area contributed by atoms with E-state index >= 15 is 0 Å². The van der Waals surface area contributed by atoms with E-state index < -0.39 is 0 Å². The van der Waals surface area contributed by atoms with Crippen molar-refractivity contribution in [1.82, 2.24) is 24.0 Å². The standard InChI is InChI=1S/C28H38N6O/c1-2-14-33-27-24(30-25(31-27)22-10-6-7-11-22)26-29-23(19-34(26)28(33)35)18-32-15-12-21(13-16-32)17-20-8-4-3-5-9-20/h3-5,8-9,21-23,29H,2,6-7,10-19H2,1H3. The maximum absolute atomic E-state index is 13.5. The number of aromatic nitrogens is 4. The fourth-order valence-corrected chi connectivity index (χ4v) is 6.46. The van der Waals surface area contributed by atoms with Crippen molar-refractivity contribution in [2.75, 3.05) is 25.0 Å². The van der Waals surface area contributed by atoms with Crippen LogP contribution < -0.4 is 11.0 Å². The predicted molar refractivity (Wildman–Crippen MR) is 139 cm³/mol. The second-order valence-electron chi connectivity index (χ2n) is 10.9. The fourth-order valence-electron chi connectivity index (χ4n) is 6.46. The second kappa shape index (κ2) is 9.76. The van der Waals surface area contributed by atoms with Crippen molar-refractivity contribution in [3.63, 3.8) is 0 Å². The molecule has 1 N–H and O–H groups in total. The molecule has 1 saturated heterocycles. The Hall–Kier alpha value is -2.67. The van der Waals surface area contributed by atoms with Gasteiger partial charge in [0, 0.05) is 19.0 Å². The van der Waals surface area contributed by atoms with Crippen LogP contribution in [-0.2, 0) is 19.5 Å². The van der Waals surface area contributed by atoms with E-state index in [1.165, 1.54) is 50.5 Å². The van der Waals surface area contributed by atoms with Crippen LogP contribution in [0.5, 0.6) is 0 Å². The molecule has 0 radical (unpaired) electrons. The summed E-state index contributed by atoms with van der Waals surface area (Å²) in [5.41, 5.74) is 2.41. The average molecular weight is 475 g/mol. The number of rotatable bonds is 7. The lowest BCUT2D eigenvalue weighted by atomic mass is 9.90. The van der Waals surface area contributed by atoms with E-state index in [1.807, 2.05) is 9.13 Å². The van der Waals surface area contributed by atoms with Crippen molar-refractivity contribution in [2.45, 2.75) is 83.3 Å². The van der Waals surface area contributed by atoms with Gasteiger partial charge >= 0.3 is 5.69 Å². The first kappa shape index (κ1) is 22.8. The highest BCUT2D eigenvalue weighted by Crippen LogP contribution is 2.37. The summed E-state index contributed by atoms with van der Waals surface area (Å²) in [6, 6.07) is 11.1. The Morgan fingerprint density at radius 2 is 1.80 bits per heavy atom. The van der Waals surface area contributed by atoms with Gasteiger partial charge in [-0.2, -0.15) is 0 Å². The Morgan fingerprint density at radius 1 is 1.03 bits per heavy atom. The summed E-state index contributed by atoms with van der Waals surface area (Å²) in [4.78, 5) is 26.0. The number of nitrogens with zero attached hydrogens (tertiary/aromatic N) is 5. The minimum absolute atomic E-state index is 0.0591. The molecule has 186 valence electrons. The largest absolute Gasteiger partial charge is 0.364 e. The minimum atomic E-state index is 0.0591. The third-order valence-electron chi connectivity index (χ3n) is 8.33. The molecule has 1 aromatic carbocycles. The van der Waals surface area contributed by atoms with Crippen LogP contribution >= 0.6 is 0 Å². The lowest BCUT2D eigenvalue weighted by Gasteiger charge is -2.33. The van der Waals surface area contributed by atoms with E-state index in [2.05, 4.69) is 47.5 Å². The predicted octanol–water partition coefficient (Wildman–Crippen LogP) is 4.36. The van der Waals surface area contributed by atoms with Gasteiger partial charge in [-0.15, -0.1) is 0 Å². The number of imidazole rings is 1. The molecule has 1 aliphatic carbocycles. The summed E-state index contributed by atoms with van der Waals surface area (Å²) in [7, 11) is 0. The van der Waals surface area contributed by atoms with Gasteiger partial charge in [-0.25, -0.2) is 14.8 Å². The molecule has 4 aliphatic heterocycles. The van der Waals surface area contributed by atoms with E-state index in [0.29, 0.717) is 19.0 Å². The van der Waals surface area contributed by atoms with E-state index in [9.17, 15) is 4.79 Å². The Bertz CT molecular complexity index is 1170. The summed E-state index contributed by atoms with van der Waals surface area (Å²) >= 11 is 0. The van der Waals surface area contributed by atoms with E-state index in [0.717, 1.165) is 55.1 Å². The van der Waals surface area contributed by atoms with Gasteiger partial charge in [0.15, 0.2) is 5.82 Å². The monoisotopic (exact) mass is 474 g/mol. The molecule has 1 unspecified atom stereocenters. The quantitative estimate of drug-likeness (QED) is 0.551. The lowest BCUT2D eigenvalue weighted by Crippen LogP contribution is -2.41. The lowest BCUT2D eigenvalue weighted by molar-refractivity contribution is 0.176. The fraction of sp³-hybridized carbons (Fsp3) is 0.607. The molecule has 6 rings (SSSR count). The van der Waals surface area contributed by atoms with Gasteiger partial charge in [0.1, 0.15) is 17.3 Å². The maximum Gasteiger partial charge on any atom is 0.331 e. The van der Waals surface area contributed by atoms with Gasteiger partial charge in [-0.3, -0.25) is 9.13 Å². The molecular formula is C28H38N6O. The van der Waals surface area contributed by atoms with Crippen LogP contribution in [0.4, 0.5) is 5.82 Å². The topological polar surface area (TPSA) is 68.0 Å². The number of benzene rings is 1. The Kier molecular flexibility index (Phi) is 6.35. The van der Waals surface area contributed by atoms with Gasteiger partial charge in [0.2, 0.25) is 0 Å². The van der Waals surface area contributed by atoms with Crippen LogP contribution in [0.25, 0.3) is 11.5 Å². The maximum atomic E-state index is 13.5. The number of nitrogens with one attached hydrogen (secondary N) is 1. The molecule has 0 amide bonds. The molecule has 0 aromatic heterocycles. The average Bonchev–Trinajstić information content (AvgIpc) is 3.63. The van der Waals surface area contributed by atoms with Crippen molar-refractivity contribution in [3.05, 3.63) is 52.2 Å². The summed E-state index contributed by atoms with van der Waals surface area (Å²) in [6.07, 6.45) is 9.43. The molecule has 7 nitrogen and oxygen atoms in total. The van der Waals surface area contributed by atoms with Crippen LogP contribution in [-0.4, -0.2) is 49.7 Å². The molecule has 4 heterocycles. The van der Waals surface area contributed by atoms with E-state index in [1.54, 1.807) is 0 Å². The van der Waals surface area contributed by atoms with Crippen LogP contribution in [0.15, 0.2) is 35.1 Å². The zero-order chi connectivity index (χ0) is 23.8. The molecule has 0 bridgehead atoms. The van der Waals surface area contributed by atoms with Crippen molar-refractivity contribution in [2.24, 2.45) is 5.92 Å². The minimum Gasteiger partial charge on any atom is -0.364 e. The molecular weight excluding hydrogens is 436 g/mol. The first-order chi connectivity index (χ1) is 17.2. The number of hydrogen-bond acceptors (Lipinski definition) is 5. The van der Waals surface area contributed by atoms with Crippen LogP contribution in [0.2, 0.25) is 0 Å². The number of piperidine rings is 1. The SMILES string of the molecule is CCCn1c2nc(C3CCCC3)nc-2c2n(c1=O)CC(CN1CCC(Cc3ccccc3)CC1)N2.